The molecule has 0 spiro atoms. The van der Waals surface area contributed by atoms with Crippen molar-refractivity contribution >= 4 is 16.9 Å². The lowest BCUT2D eigenvalue weighted by Crippen LogP contribution is -2.28. The standard InChI is InChI=1S/C20H19NO3/c1-20(2,19(22)23)14-8-6-13(7-9-14)15-10-11-17(24-3)18-16(15)5-4-12-21-18/h4-12H,1-3H3,(H,22,23). The van der Waals surface area contributed by atoms with Crippen LogP contribution in [-0.2, 0) is 10.2 Å². The topological polar surface area (TPSA) is 59.4 Å². The highest BCUT2D eigenvalue weighted by atomic mass is 16.5. The van der Waals surface area contributed by atoms with Gasteiger partial charge in [-0.25, -0.2) is 0 Å². The zero-order chi connectivity index (χ0) is 17.3. The van der Waals surface area contributed by atoms with Crippen LogP contribution < -0.4 is 4.74 Å². The van der Waals surface area contributed by atoms with Crippen molar-refractivity contribution in [1.29, 1.82) is 0 Å². The van der Waals surface area contributed by atoms with Crippen molar-refractivity contribution in [2.75, 3.05) is 7.11 Å². The average Bonchev–Trinajstić information content (AvgIpc) is 2.60. The van der Waals surface area contributed by atoms with Gasteiger partial charge < -0.3 is 9.84 Å². The minimum Gasteiger partial charge on any atom is -0.494 e. The lowest BCUT2D eigenvalue weighted by molar-refractivity contribution is -0.142. The molecule has 0 aliphatic heterocycles. The van der Waals surface area contributed by atoms with Crippen molar-refractivity contribution in [2.24, 2.45) is 0 Å². The van der Waals surface area contributed by atoms with Crippen LogP contribution in [0, 0.1) is 0 Å². The number of hydrogen-bond donors (Lipinski definition) is 1. The van der Waals surface area contributed by atoms with E-state index in [4.69, 9.17) is 4.74 Å². The van der Waals surface area contributed by atoms with Gasteiger partial charge in [-0.2, -0.15) is 0 Å². The van der Waals surface area contributed by atoms with Crippen LogP contribution in [0.2, 0.25) is 0 Å². The lowest BCUT2D eigenvalue weighted by Gasteiger charge is -2.20. The molecule has 0 fully saturated rings. The summed E-state index contributed by atoms with van der Waals surface area (Å²) in [6.45, 7) is 3.41. The first-order valence-corrected chi connectivity index (χ1v) is 7.71. The van der Waals surface area contributed by atoms with Gasteiger partial charge in [0.15, 0.2) is 0 Å². The van der Waals surface area contributed by atoms with Gasteiger partial charge in [0.2, 0.25) is 0 Å². The predicted octanol–water partition coefficient (Wildman–Crippen LogP) is 4.27. The second-order valence-corrected chi connectivity index (χ2v) is 6.22. The van der Waals surface area contributed by atoms with Gasteiger partial charge >= 0.3 is 5.97 Å². The number of methoxy groups -OCH3 is 1. The number of carboxylic acid groups (broad SMARTS) is 1. The molecule has 3 rings (SSSR count). The van der Waals surface area contributed by atoms with Gasteiger partial charge in [-0.05, 0) is 48.7 Å². The van der Waals surface area contributed by atoms with Gasteiger partial charge in [0.05, 0.1) is 12.5 Å². The second kappa shape index (κ2) is 5.96. The molecule has 0 aliphatic rings. The Labute approximate surface area is 140 Å². The Bertz CT molecular complexity index is 898. The van der Waals surface area contributed by atoms with Gasteiger partial charge in [-0.3, -0.25) is 9.78 Å². The number of pyridine rings is 1. The quantitative estimate of drug-likeness (QED) is 0.779. The maximum atomic E-state index is 11.4. The lowest BCUT2D eigenvalue weighted by atomic mass is 9.84. The van der Waals surface area contributed by atoms with Crippen LogP contribution in [0.1, 0.15) is 19.4 Å². The third kappa shape index (κ3) is 2.60. The molecule has 1 aromatic heterocycles. The Kier molecular flexibility index (Phi) is 3.97. The first-order valence-electron chi connectivity index (χ1n) is 7.71. The third-order valence-electron chi connectivity index (χ3n) is 4.40. The third-order valence-corrected chi connectivity index (χ3v) is 4.40. The average molecular weight is 321 g/mol. The Morgan fingerprint density at radius 2 is 1.79 bits per heavy atom. The number of hydrogen-bond acceptors (Lipinski definition) is 3. The largest absolute Gasteiger partial charge is 0.494 e. The number of carboxylic acids is 1. The van der Waals surface area contributed by atoms with Gasteiger partial charge in [0, 0.05) is 11.6 Å². The fourth-order valence-corrected chi connectivity index (χ4v) is 2.75. The maximum absolute atomic E-state index is 11.4. The van der Waals surface area contributed by atoms with Crippen LogP contribution in [0.3, 0.4) is 0 Å². The first kappa shape index (κ1) is 16.0. The SMILES string of the molecule is COc1ccc(-c2ccc(C(C)(C)C(=O)O)cc2)c2cccnc12. The Balaban J connectivity index is 2.11. The molecule has 0 aliphatic carbocycles. The molecule has 0 amide bonds. The van der Waals surface area contributed by atoms with Gasteiger partial charge in [-0.1, -0.05) is 30.3 Å². The highest BCUT2D eigenvalue weighted by Crippen LogP contribution is 2.34. The molecule has 122 valence electrons. The number of fused-ring (bicyclic) bond motifs is 1. The summed E-state index contributed by atoms with van der Waals surface area (Å²) >= 11 is 0. The van der Waals surface area contributed by atoms with E-state index in [2.05, 4.69) is 4.98 Å². The van der Waals surface area contributed by atoms with Crippen LogP contribution in [0.4, 0.5) is 0 Å². The number of aromatic nitrogens is 1. The summed E-state index contributed by atoms with van der Waals surface area (Å²) in [5.41, 5.74) is 2.73. The van der Waals surface area contributed by atoms with Gasteiger partial charge in [0.25, 0.3) is 0 Å². The molecule has 0 saturated carbocycles. The first-order chi connectivity index (χ1) is 11.4. The van der Waals surface area contributed by atoms with Crippen molar-refractivity contribution in [3.63, 3.8) is 0 Å². The van der Waals surface area contributed by atoms with E-state index < -0.39 is 11.4 Å². The monoisotopic (exact) mass is 321 g/mol. The summed E-state index contributed by atoms with van der Waals surface area (Å²) < 4.78 is 5.38. The van der Waals surface area contributed by atoms with Crippen LogP contribution in [0.5, 0.6) is 5.75 Å². The summed E-state index contributed by atoms with van der Waals surface area (Å²) in [4.78, 5) is 15.8. The zero-order valence-corrected chi connectivity index (χ0v) is 13.9. The molecule has 0 atom stereocenters. The molecule has 0 bridgehead atoms. The number of benzene rings is 2. The van der Waals surface area contributed by atoms with E-state index >= 15 is 0 Å². The normalized spacial score (nSPS) is 11.5. The number of rotatable bonds is 4. The Morgan fingerprint density at radius 1 is 1.08 bits per heavy atom. The molecule has 4 heteroatoms. The Hall–Kier alpha value is -2.88. The minimum absolute atomic E-state index is 0.734. The summed E-state index contributed by atoms with van der Waals surface area (Å²) in [5.74, 6) is -0.104. The van der Waals surface area contributed by atoms with E-state index in [-0.39, 0.29) is 0 Å². The maximum Gasteiger partial charge on any atom is 0.313 e. The molecule has 0 saturated heterocycles. The smallest absolute Gasteiger partial charge is 0.313 e. The van der Waals surface area contributed by atoms with Crippen LogP contribution in [0.25, 0.3) is 22.0 Å². The van der Waals surface area contributed by atoms with Crippen LogP contribution in [0.15, 0.2) is 54.7 Å². The molecule has 3 aromatic rings. The number of aliphatic carboxylic acids is 1. The summed E-state index contributed by atoms with van der Waals surface area (Å²) in [7, 11) is 1.63. The number of ether oxygens (including phenoxy) is 1. The fraction of sp³-hybridized carbons (Fsp3) is 0.200. The zero-order valence-electron chi connectivity index (χ0n) is 13.9. The highest BCUT2D eigenvalue weighted by molar-refractivity contribution is 5.97. The second-order valence-electron chi connectivity index (χ2n) is 6.22. The van der Waals surface area contributed by atoms with E-state index in [1.165, 1.54) is 0 Å². The van der Waals surface area contributed by atoms with Crippen molar-refractivity contribution in [3.05, 3.63) is 60.3 Å². The molecule has 1 heterocycles. The molecule has 4 nitrogen and oxygen atoms in total. The predicted molar refractivity (Wildman–Crippen MR) is 94.4 cm³/mol. The van der Waals surface area contributed by atoms with Crippen molar-refractivity contribution in [1.82, 2.24) is 4.98 Å². The molecular weight excluding hydrogens is 302 g/mol. The van der Waals surface area contributed by atoms with Gasteiger partial charge in [0.1, 0.15) is 11.3 Å². The molecule has 0 radical (unpaired) electrons. The molecule has 2 aromatic carbocycles. The molecule has 24 heavy (non-hydrogen) atoms. The fourth-order valence-electron chi connectivity index (χ4n) is 2.75. The summed E-state index contributed by atoms with van der Waals surface area (Å²) in [6, 6.07) is 15.5. The van der Waals surface area contributed by atoms with E-state index in [0.717, 1.165) is 33.3 Å². The summed E-state index contributed by atoms with van der Waals surface area (Å²) in [6.07, 6.45) is 1.74. The molecule has 0 unspecified atom stereocenters. The highest BCUT2D eigenvalue weighted by Gasteiger charge is 2.29. The van der Waals surface area contributed by atoms with Crippen molar-refractivity contribution < 1.29 is 14.6 Å². The van der Waals surface area contributed by atoms with Crippen LogP contribution in [-0.4, -0.2) is 23.2 Å². The van der Waals surface area contributed by atoms with Crippen LogP contribution >= 0.6 is 0 Å². The van der Waals surface area contributed by atoms with E-state index in [9.17, 15) is 9.90 Å². The molecular formula is C20H19NO3. The summed E-state index contributed by atoms with van der Waals surface area (Å²) in [5, 5.41) is 10.4. The van der Waals surface area contributed by atoms with Gasteiger partial charge in [-0.15, -0.1) is 0 Å². The number of nitrogens with zero attached hydrogens (tertiary/aromatic N) is 1. The minimum atomic E-state index is -0.915. The molecule has 1 N–H and O–H groups in total. The van der Waals surface area contributed by atoms with E-state index in [1.54, 1.807) is 27.2 Å². The Morgan fingerprint density at radius 3 is 2.42 bits per heavy atom. The van der Waals surface area contributed by atoms with Crippen molar-refractivity contribution in [2.45, 2.75) is 19.3 Å². The van der Waals surface area contributed by atoms with E-state index in [1.807, 2.05) is 48.5 Å². The van der Waals surface area contributed by atoms with E-state index in [0.29, 0.717) is 0 Å². The number of carbonyl (C=O) groups is 1. The van der Waals surface area contributed by atoms with Crippen molar-refractivity contribution in [3.8, 4) is 16.9 Å².